The third kappa shape index (κ3) is 7.37. The summed E-state index contributed by atoms with van der Waals surface area (Å²) in [4.78, 5) is 12.4. The van der Waals surface area contributed by atoms with E-state index in [2.05, 4.69) is 41.9 Å². The van der Waals surface area contributed by atoms with Gasteiger partial charge in [-0.3, -0.25) is 4.79 Å². The molecule has 0 aliphatic carbocycles. The summed E-state index contributed by atoms with van der Waals surface area (Å²) in [6.45, 7) is 7.22. The van der Waals surface area contributed by atoms with E-state index in [1.165, 1.54) is 5.56 Å². The predicted molar refractivity (Wildman–Crippen MR) is 114 cm³/mol. The minimum atomic E-state index is -0.281. The van der Waals surface area contributed by atoms with E-state index in [1.54, 1.807) is 0 Å². The van der Waals surface area contributed by atoms with Crippen LogP contribution < -0.4 is 4.74 Å². The number of carbonyl (C=O) groups excluding carboxylic acids is 1. The van der Waals surface area contributed by atoms with Gasteiger partial charge in [0.2, 0.25) is 0 Å². The molecule has 0 heterocycles. The van der Waals surface area contributed by atoms with Gasteiger partial charge < -0.3 is 9.47 Å². The van der Waals surface area contributed by atoms with Crippen molar-refractivity contribution in [2.24, 2.45) is 5.92 Å². The third-order valence-corrected chi connectivity index (χ3v) is 4.86. The van der Waals surface area contributed by atoms with E-state index in [9.17, 15) is 4.79 Å². The zero-order valence-corrected chi connectivity index (χ0v) is 18.0. The molecule has 0 amide bonds. The number of halogens is 1. The van der Waals surface area contributed by atoms with Crippen LogP contribution in [0.4, 0.5) is 0 Å². The summed E-state index contributed by atoms with van der Waals surface area (Å²) >= 11 is 3.39. The molecule has 0 saturated heterocycles. The van der Waals surface area contributed by atoms with Crippen molar-refractivity contribution in [3.05, 3.63) is 65.2 Å². The zero-order chi connectivity index (χ0) is 19.6. The van der Waals surface area contributed by atoms with Crippen LogP contribution in [0.3, 0.4) is 0 Å². The summed E-state index contributed by atoms with van der Waals surface area (Å²) in [7, 11) is 0. The molecule has 0 aliphatic rings. The van der Waals surface area contributed by atoms with Crippen molar-refractivity contribution in [3.63, 3.8) is 0 Å². The number of alkyl halides is 1. The first-order chi connectivity index (χ1) is 13.0. The number of benzene rings is 2. The Labute approximate surface area is 171 Å². The molecule has 2 aromatic carbocycles. The van der Waals surface area contributed by atoms with Crippen LogP contribution in [0, 0.1) is 5.92 Å². The molecule has 1 unspecified atom stereocenters. The molecule has 0 N–H and O–H groups in total. The lowest BCUT2D eigenvalue weighted by atomic mass is 9.97. The summed E-state index contributed by atoms with van der Waals surface area (Å²) in [5.41, 5.74) is 3.21. The maximum Gasteiger partial charge on any atom is 0.313 e. The van der Waals surface area contributed by atoms with Gasteiger partial charge in [-0.1, -0.05) is 66.2 Å². The summed E-state index contributed by atoms with van der Waals surface area (Å²) in [5, 5.41) is 0.917. The Hall–Kier alpha value is -1.81. The smallest absolute Gasteiger partial charge is 0.313 e. The summed E-state index contributed by atoms with van der Waals surface area (Å²) < 4.78 is 11.2. The van der Waals surface area contributed by atoms with Gasteiger partial charge in [-0.25, -0.2) is 0 Å². The molecule has 0 fully saturated rings. The van der Waals surface area contributed by atoms with E-state index in [1.807, 2.05) is 43.3 Å². The van der Waals surface area contributed by atoms with Crippen molar-refractivity contribution in [2.75, 3.05) is 11.9 Å². The summed E-state index contributed by atoms with van der Waals surface area (Å²) in [6, 6.07) is 16.0. The fourth-order valence-corrected chi connectivity index (χ4v) is 3.03. The van der Waals surface area contributed by atoms with Crippen LogP contribution in [0.5, 0.6) is 5.75 Å². The Kier molecular flexibility index (Phi) is 8.86. The van der Waals surface area contributed by atoms with Crippen LogP contribution >= 0.6 is 15.9 Å². The molecule has 0 aliphatic heterocycles. The van der Waals surface area contributed by atoms with E-state index in [0.717, 1.165) is 35.0 Å². The maximum absolute atomic E-state index is 12.4. The minimum absolute atomic E-state index is 0.211. The van der Waals surface area contributed by atoms with E-state index in [-0.39, 0.29) is 18.5 Å². The fraction of sp³-hybridized carbons (Fsp3) is 0.435. The second-order valence-electron chi connectivity index (χ2n) is 7.21. The van der Waals surface area contributed by atoms with Crippen LogP contribution in [0.25, 0.3) is 0 Å². The number of ether oxygens (including phenoxy) is 2. The molecule has 0 bridgehead atoms. The van der Waals surface area contributed by atoms with Gasteiger partial charge in [-0.15, -0.1) is 0 Å². The molecule has 0 spiro atoms. The van der Waals surface area contributed by atoms with Gasteiger partial charge in [0.25, 0.3) is 0 Å². The highest BCUT2D eigenvalue weighted by Gasteiger charge is 2.17. The van der Waals surface area contributed by atoms with Gasteiger partial charge in [0.1, 0.15) is 12.4 Å². The summed E-state index contributed by atoms with van der Waals surface area (Å²) in [6.07, 6.45) is 2.00. The van der Waals surface area contributed by atoms with Gasteiger partial charge in [0, 0.05) is 5.33 Å². The van der Waals surface area contributed by atoms with Gasteiger partial charge in [-0.2, -0.15) is 0 Å². The molecule has 1 atom stereocenters. The Balaban J connectivity index is 1.88. The molecule has 2 rings (SSSR count). The third-order valence-electron chi connectivity index (χ3n) is 4.30. The van der Waals surface area contributed by atoms with Crippen LogP contribution in [0.2, 0.25) is 0 Å². The first-order valence-electron chi connectivity index (χ1n) is 9.52. The zero-order valence-electron chi connectivity index (χ0n) is 16.4. The van der Waals surface area contributed by atoms with Crippen molar-refractivity contribution in [1.29, 1.82) is 0 Å². The fourth-order valence-electron chi connectivity index (χ4n) is 2.80. The van der Waals surface area contributed by atoms with Gasteiger partial charge in [0.15, 0.2) is 0 Å². The maximum atomic E-state index is 12.4. The molecule has 146 valence electrons. The molecule has 0 aromatic heterocycles. The average molecular weight is 433 g/mol. The summed E-state index contributed by atoms with van der Waals surface area (Å²) in [5.74, 6) is 0.935. The van der Waals surface area contributed by atoms with Crippen molar-refractivity contribution in [1.82, 2.24) is 0 Å². The van der Waals surface area contributed by atoms with Crippen molar-refractivity contribution < 1.29 is 14.3 Å². The van der Waals surface area contributed by atoms with E-state index < -0.39 is 0 Å². The van der Waals surface area contributed by atoms with E-state index in [0.29, 0.717) is 12.5 Å². The van der Waals surface area contributed by atoms with Crippen molar-refractivity contribution in [2.45, 2.75) is 46.1 Å². The predicted octanol–water partition coefficient (Wildman–Crippen LogP) is 5.90. The standard InChI is InChI=1S/C23H29BrO3/c1-17(2)14-19-8-10-21(11-9-19)18(3)23(25)27-16-20-6-4-7-22(15-20)26-13-5-12-24/h4,6-11,15,17-18H,5,12-14,16H2,1-3H3. The van der Waals surface area contributed by atoms with Crippen molar-refractivity contribution >= 4 is 21.9 Å². The van der Waals surface area contributed by atoms with E-state index in [4.69, 9.17) is 9.47 Å². The van der Waals surface area contributed by atoms with E-state index >= 15 is 0 Å². The van der Waals surface area contributed by atoms with Crippen LogP contribution in [0.1, 0.15) is 49.8 Å². The van der Waals surface area contributed by atoms with Gasteiger partial charge in [0.05, 0.1) is 12.5 Å². The lowest BCUT2D eigenvalue weighted by molar-refractivity contribution is -0.146. The minimum Gasteiger partial charge on any atom is -0.494 e. The second kappa shape index (κ2) is 11.1. The normalized spacial score (nSPS) is 12.0. The molecular weight excluding hydrogens is 404 g/mol. The first-order valence-corrected chi connectivity index (χ1v) is 10.6. The largest absolute Gasteiger partial charge is 0.494 e. The Morgan fingerprint density at radius 3 is 2.44 bits per heavy atom. The lowest BCUT2D eigenvalue weighted by Crippen LogP contribution is -2.13. The monoisotopic (exact) mass is 432 g/mol. The molecular formula is C23H29BrO3. The lowest BCUT2D eigenvalue weighted by Gasteiger charge is -2.13. The topological polar surface area (TPSA) is 35.5 Å². The van der Waals surface area contributed by atoms with Gasteiger partial charge in [-0.05, 0) is 54.5 Å². The second-order valence-corrected chi connectivity index (χ2v) is 8.00. The van der Waals surface area contributed by atoms with Crippen LogP contribution in [0.15, 0.2) is 48.5 Å². The average Bonchev–Trinajstić information content (AvgIpc) is 2.66. The Morgan fingerprint density at radius 2 is 1.78 bits per heavy atom. The number of hydrogen-bond acceptors (Lipinski definition) is 3. The number of rotatable bonds is 10. The number of hydrogen-bond donors (Lipinski definition) is 0. The Morgan fingerprint density at radius 1 is 1.04 bits per heavy atom. The quantitative estimate of drug-likeness (QED) is 0.266. The molecule has 0 saturated carbocycles. The molecule has 0 radical (unpaired) electrons. The van der Waals surface area contributed by atoms with Crippen molar-refractivity contribution in [3.8, 4) is 5.75 Å². The van der Waals surface area contributed by atoms with Crippen LogP contribution in [-0.2, 0) is 22.6 Å². The van der Waals surface area contributed by atoms with Crippen LogP contribution in [-0.4, -0.2) is 17.9 Å². The SMILES string of the molecule is CC(C)Cc1ccc(C(C)C(=O)OCc2cccc(OCCCBr)c2)cc1. The van der Waals surface area contributed by atoms with Gasteiger partial charge >= 0.3 is 5.97 Å². The highest BCUT2D eigenvalue weighted by molar-refractivity contribution is 9.09. The number of carbonyl (C=O) groups is 1. The first kappa shape index (κ1) is 21.5. The highest BCUT2D eigenvalue weighted by Crippen LogP contribution is 2.20. The number of esters is 1. The molecule has 4 heteroatoms. The molecule has 3 nitrogen and oxygen atoms in total. The highest BCUT2D eigenvalue weighted by atomic mass is 79.9. The molecule has 2 aromatic rings. The molecule has 27 heavy (non-hydrogen) atoms. The Bertz CT molecular complexity index is 710.